The molecule has 0 saturated carbocycles. The zero-order valence-electron chi connectivity index (χ0n) is 11.4. The zero-order valence-corrected chi connectivity index (χ0v) is 11.4. The highest BCUT2D eigenvalue weighted by atomic mass is 16.4. The lowest BCUT2D eigenvalue weighted by Gasteiger charge is -2.07. The van der Waals surface area contributed by atoms with Crippen LogP contribution in [0.25, 0.3) is 10.9 Å². The van der Waals surface area contributed by atoms with E-state index < -0.39 is 5.97 Å². The summed E-state index contributed by atoms with van der Waals surface area (Å²) in [6.45, 7) is 5.16. The molecule has 0 bridgehead atoms. The monoisotopic (exact) mass is 260 g/mol. The van der Waals surface area contributed by atoms with Gasteiger partial charge in [0.05, 0.1) is 0 Å². The molecule has 1 heterocycles. The van der Waals surface area contributed by atoms with Gasteiger partial charge in [-0.05, 0) is 24.8 Å². The van der Waals surface area contributed by atoms with E-state index in [1.54, 1.807) is 0 Å². The average Bonchev–Trinajstić information content (AvgIpc) is 2.72. The van der Waals surface area contributed by atoms with Crippen LogP contribution in [0.1, 0.15) is 37.0 Å². The van der Waals surface area contributed by atoms with Gasteiger partial charge in [-0.25, -0.2) is 4.79 Å². The number of nitrogens with one attached hydrogen (secondary N) is 2. The molecule has 4 nitrogen and oxygen atoms in total. The summed E-state index contributed by atoms with van der Waals surface area (Å²) in [7, 11) is 0. The number of aromatic carboxylic acids is 1. The van der Waals surface area contributed by atoms with Gasteiger partial charge in [-0.2, -0.15) is 0 Å². The number of fused-ring (bicyclic) bond motifs is 1. The van der Waals surface area contributed by atoms with Gasteiger partial charge in [0.25, 0.3) is 0 Å². The summed E-state index contributed by atoms with van der Waals surface area (Å²) in [5.41, 5.74) is 1.19. The van der Waals surface area contributed by atoms with Crippen LogP contribution in [0.15, 0.2) is 24.3 Å². The quantitative estimate of drug-likeness (QED) is 0.694. The van der Waals surface area contributed by atoms with Gasteiger partial charge in [0.1, 0.15) is 11.4 Å². The number of aromatic amines is 1. The Bertz CT molecular complexity index is 573. The second-order valence-corrected chi connectivity index (χ2v) is 5.19. The summed E-state index contributed by atoms with van der Waals surface area (Å²) in [5.74, 6) is 0.379. The van der Waals surface area contributed by atoms with E-state index in [1.165, 1.54) is 0 Å². The molecule has 0 atom stereocenters. The van der Waals surface area contributed by atoms with Crippen molar-refractivity contribution >= 4 is 22.7 Å². The highest BCUT2D eigenvalue weighted by molar-refractivity contribution is 6.08. The Hall–Kier alpha value is -1.97. The molecule has 0 aliphatic rings. The molecule has 19 heavy (non-hydrogen) atoms. The maximum absolute atomic E-state index is 11.4. The molecule has 0 fully saturated rings. The first-order valence-corrected chi connectivity index (χ1v) is 6.67. The smallest absolute Gasteiger partial charge is 0.340 e. The predicted octanol–water partition coefficient (Wildman–Crippen LogP) is 3.71. The Morgan fingerprint density at radius 1 is 1.37 bits per heavy atom. The average molecular weight is 260 g/mol. The van der Waals surface area contributed by atoms with Gasteiger partial charge in [-0.3, -0.25) is 0 Å². The molecule has 1 aromatic heterocycles. The predicted molar refractivity (Wildman–Crippen MR) is 77.8 cm³/mol. The molecule has 2 rings (SSSR count). The number of benzene rings is 1. The van der Waals surface area contributed by atoms with Crippen LogP contribution in [0.5, 0.6) is 0 Å². The fourth-order valence-electron chi connectivity index (χ4n) is 2.22. The molecule has 0 aliphatic carbocycles. The van der Waals surface area contributed by atoms with Gasteiger partial charge in [-0.1, -0.05) is 32.0 Å². The number of aromatic nitrogens is 1. The third-order valence-corrected chi connectivity index (χ3v) is 3.18. The lowest BCUT2D eigenvalue weighted by molar-refractivity contribution is 0.0700. The third-order valence-electron chi connectivity index (χ3n) is 3.18. The highest BCUT2D eigenvalue weighted by Crippen LogP contribution is 2.26. The first-order valence-electron chi connectivity index (χ1n) is 6.67. The van der Waals surface area contributed by atoms with Crippen molar-refractivity contribution in [2.24, 2.45) is 5.92 Å². The number of carbonyl (C=O) groups is 1. The molecule has 4 heteroatoms. The van der Waals surface area contributed by atoms with Crippen LogP contribution in [0.3, 0.4) is 0 Å². The van der Waals surface area contributed by atoms with E-state index in [9.17, 15) is 9.90 Å². The number of carboxylic acid groups (broad SMARTS) is 1. The molecule has 0 unspecified atom stereocenters. The minimum absolute atomic E-state index is 0.333. The number of rotatable bonds is 6. The molecular weight excluding hydrogens is 240 g/mol. The lowest BCUT2D eigenvalue weighted by Crippen LogP contribution is -2.07. The normalized spacial score (nSPS) is 11.1. The van der Waals surface area contributed by atoms with E-state index in [2.05, 4.69) is 24.1 Å². The van der Waals surface area contributed by atoms with Crippen molar-refractivity contribution < 1.29 is 9.90 Å². The molecule has 2 aromatic rings. The molecule has 0 amide bonds. The molecule has 0 aliphatic heterocycles. The first-order chi connectivity index (χ1) is 9.09. The molecule has 3 N–H and O–H groups in total. The number of hydrogen-bond acceptors (Lipinski definition) is 2. The maximum atomic E-state index is 11.4. The Labute approximate surface area is 112 Å². The lowest BCUT2D eigenvalue weighted by atomic mass is 10.1. The van der Waals surface area contributed by atoms with E-state index in [-0.39, 0.29) is 0 Å². The summed E-state index contributed by atoms with van der Waals surface area (Å²) in [5, 5.41) is 13.3. The molecule has 0 spiro atoms. The van der Waals surface area contributed by atoms with Gasteiger partial charge in [0.15, 0.2) is 0 Å². The van der Waals surface area contributed by atoms with Gasteiger partial charge in [0, 0.05) is 17.4 Å². The second-order valence-electron chi connectivity index (χ2n) is 5.19. The summed E-state index contributed by atoms with van der Waals surface area (Å²) < 4.78 is 0. The number of hydrogen-bond donors (Lipinski definition) is 3. The Kier molecular flexibility index (Phi) is 4.10. The van der Waals surface area contributed by atoms with Crippen LogP contribution in [0, 0.1) is 5.92 Å². The minimum Gasteiger partial charge on any atom is -0.478 e. The van der Waals surface area contributed by atoms with E-state index in [1.807, 2.05) is 24.3 Å². The van der Waals surface area contributed by atoms with Crippen LogP contribution in [0.2, 0.25) is 0 Å². The van der Waals surface area contributed by atoms with Crippen molar-refractivity contribution in [2.75, 3.05) is 11.9 Å². The van der Waals surface area contributed by atoms with E-state index in [4.69, 9.17) is 0 Å². The van der Waals surface area contributed by atoms with Crippen molar-refractivity contribution in [3.63, 3.8) is 0 Å². The van der Waals surface area contributed by atoms with Crippen molar-refractivity contribution in [2.45, 2.75) is 26.7 Å². The number of anilines is 1. The number of H-pyrrole nitrogens is 1. The largest absolute Gasteiger partial charge is 0.478 e. The van der Waals surface area contributed by atoms with Gasteiger partial charge < -0.3 is 15.4 Å². The molecule has 102 valence electrons. The van der Waals surface area contributed by atoms with Crippen LogP contribution in [-0.2, 0) is 0 Å². The topological polar surface area (TPSA) is 65.1 Å². The minimum atomic E-state index is -0.899. The molecule has 0 radical (unpaired) electrons. The number of para-hydroxylation sites is 1. The summed E-state index contributed by atoms with van der Waals surface area (Å²) >= 11 is 0. The fourth-order valence-corrected chi connectivity index (χ4v) is 2.22. The van der Waals surface area contributed by atoms with Crippen LogP contribution < -0.4 is 5.32 Å². The Morgan fingerprint density at radius 2 is 2.11 bits per heavy atom. The summed E-state index contributed by atoms with van der Waals surface area (Å²) in [6, 6.07) is 7.47. The van der Waals surface area contributed by atoms with E-state index in [0.29, 0.717) is 17.3 Å². The van der Waals surface area contributed by atoms with Crippen molar-refractivity contribution in [1.82, 2.24) is 4.98 Å². The highest BCUT2D eigenvalue weighted by Gasteiger charge is 2.16. The number of carboxylic acids is 1. The second kappa shape index (κ2) is 5.78. The SMILES string of the molecule is CC(C)CCCNc1[nH]c2ccccc2c1C(=O)O. The van der Waals surface area contributed by atoms with Crippen LogP contribution >= 0.6 is 0 Å². The fraction of sp³-hybridized carbons (Fsp3) is 0.400. The molecule has 1 aromatic carbocycles. The van der Waals surface area contributed by atoms with Crippen molar-refractivity contribution in [3.8, 4) is 0 Å². The van der Waals surface area contributed by atoms with Crippen molar-refractivity contribution in [1.29, 1.82) is 0 Å². The first kappa shape index (κ1) is 13.5. The van der Waals surface area contributed by atoms with Crippen LogP contribution in [0.4, 0.5) is 5.82 Å². The molecular formula is C15H20N2O2. The summed E-state index contributed by atoms with van der Waals surface area (Å²) in [6.07, 6.45) is 2.17. The van der Waals surface area contributed by atoms with Gasteiger partial charge in [-0.15, -0.1) is 0 Å². The van der Waals surface area contributed by atoms with Gasteiger partial charge in [0.2, 0.25) is 0 Å². The van der Waals surface area contributed by atoms with Crippen molar-refractivity contribution in [3.05, 3.63) is 29.8 Å². The van der Waals surface area contributed by atoms with Crippen LogP contribution in [-0.4, -0.2) is 22.6 Å². The Morgan fingerprint density at radius 3 is 2.79 bits per heavy atom. The standard InChI is InChI=1S/C15H20N2O2/c1-10(2)6-5-9-16-14-13(15(18)19)11-7-3-4-8-12(11)17-14/h3-4,7-8,10,16-17H,5-6,9H2,1-2H3,(H,18,19). The summed E-state index contributed by atoms with van der Waals surface area (Å²) in [4.78, 5) is 14.5. The maximum Gasteiger partial charge on any atom is 0.340 e. The van der Waals surface area contributed by atoms with Gasteiger partial charge >= 0.3 is 5.97 Å². The Balaban J connectivity index is 2.17. The zero-order chi connectivity index (χ0) is 13.8. The van der Waals surface area contributed by atoms with E-state index >= 15 is 0 Å². The van der Waals surface area contributed by atoms with E-state index in [0.717, 1.165) is 30.3 Å². The third kappa shape index (κ3) is 3.08. The molecule has 0 saturated heterocycles.